The smallest absolute Gasteiger partial charge is 0.221 e. The van der Waals surface area contributed by atoms with E-state index in [0.29, 0.717) is 32.0 Å². The Morgan fingerprint density at radius 3 is 3.12 bits per heavy atom. The van der Waals surface area contributed by atoms with Crippen molar-refractivity contribution in [1.82, 2.24) is 14.9 Å². The van der Waals surface area contributed by atoms with Crippen LogP contribution in [0.1, 0.15) is 17.8 Å². The van der Waals surface area contributed by atoms with E-state index in [1.165, 1.54) is 0 Å². The summed E-state index contributed by atoms with van der Waals surface area (Å²) >= 11 is 0. The van der Waals surface area contributed by atoms with E-state index in [1.54, 1.807) is 13.3 Å². The maximum Gasteiger partial charge on any atom is 0.221 e. The number of benzene rings is 1. The van der Waals surface area contributed by atoms with E-state index >= 15 is 0 Å². The molecule has 6 nitrogen and oxygen atoms in total. The molecule has 1 aromatic heterocycles. The minimum atomic E-state index is 0.0589. The molecule has 0 radical (unpaired) electrons. The Morgan fingerprint density at radius 1 is 1.50 bits per heavy atom. The molecule has 0 bridgehead atoms. The van der Waals surface area contributed by atoms with Crippen molar-refractivity contribution in [2.24, 2.45) is 5.92 Å². The number of aryl methyl sites for hydroxylation is 2. The first-order valence-electron chi connectivity index (χ1n) is 8.20. The Kier molecular flexibility index (Phi) is 5.03. The normalized spacial score (nSPS) is 16.2. The molecular formula is C18H23N3O3. The zero-order chi connectivity index (χ0) is 16.9. The minimum Gasteiger partial charge on any atom is -0.497 e. The van der Waals surface area contributed by atoms with Crippen LogP contribution in [0, 0.1) is 12.8 Å². The Morgan fingerprint density at radius 2 is 2.38 bits per heavy atom. The number of carbonyl (C=O) groups is 1. The van der Waals surface area contributed by atoms with Gasteiger partial charge in [-0.2, -0.15) is 0 Å². The number of rotatable bonds is 6. The number of ether oxygens (including phenoxy) is 2. The van der Waals surface area contributed by atoms with E-state index < -0.39 is 0 Å². The molecule has 1 aromatic carbocycles. The number of nitrogens with one attached hydrogen (secondary N) is 1. The highest BCUT2D eigenvalue weighted by Crippen LogP contribution is 2.30. The molecule has 1 N–H and O–H groups in total. The highest BCUT2D eigenvalue weighted by atomic mass is 16.5. The van der Waals surface area contributed by atoms with Crippen LogP contribution >= 0.6 is 0 Å². The van der Waals surface area contributed by atoms with E-state index in [2.05, 4.69) is 10.3 Å². The minimum absolute atomic E-state index is 0.0589. The van der Waals surface area contributed by atoms with Crippen LogP contribution < -0.4 is 14.8 Å². The SMILES string of the molecule is COc1ccc2c(c1)OC[C@@H](CNC(=O)CCn1ccnc1C)C2. The molecule has 2 heterocycles. The molecule has 0 saturated carbocycles. The van der Waals surface area contributed by atoms with Crippen molar-refractivity contribution < 1.29 is 14.3 Å². The summed E-state index contributed by atoms with van der Waals surface area (Å²) in [6.07, 6.45) is 5.00. The van der Waals surface area contributed by atoms with Crippen LogP contribution in [-0.4, -0.2) is 35.7 Å². The second-order valence-electron chi connectivity index (χ2n) is 6.08. The van der Waals surface area contributed by atoms with E-state index in [0.717, 1.165) is 29.3 Å². The second-order valence-corrected chi connectivity index (χ2v) is 6.08. The van der Waals surface area contributed by atoms with Gasteiger partial charge in [-0.3, -0.25) is 4.79 Å². The van der Waals surface area contributed by atoms with E-state index in [1.807, 2.05) is 35.9 Å². The molecule has 1 aliphatic heterocycles. The van der Waals surface area contributed by atoms with Crippen LogP contribution in [0.25, 0.3) is 0 Å². The molecule has 0 spiro atoms. The van der Waals surface area contributed by atoms with Crippen LogP contribution in [0.4, 0.5) is 0 Å². The van der Waals surface area contributed by atoms with Crippen molar-refractivity contribution >= 4 is 5.91 Å². The number of methoxy groups -OCH3 is 1. The summed E-state index contributed by atoms with van der Waals surface area (Å²) in [7, 11) is 1.65. The van der Waals surface area contributed by atoms with Gasteiger partial charge >= 0.3 is 0 Å². The third kappa shape index (κ3) is 3.88. The summed E-state index contributed by atoms with van der Waals surface area (Å²) in [5.41, 5.74) is 1.16. The first kappa shape index (κ1) is 16.4. The molecule has 128 valence electrons. The van der Waals surface area contributed by atoms with Crippen LogP contribution in [-0.2, 0) is 17.8 Å². The summed E-state index contributed by atoms with van der Waals surface area (Å²) in [5, 5.41) is 3.01. The van der Waals surface area contributed by atoms with Gasteiger partial charge in [-0.1, -0.05) is 6.07 Å². The Labute approximate surface area is 141 Å². The lowest BCUT2D eigenvalue weighted by Gasteiger charge is -2.25. The summed E-state index contributed by atoms with van der Waals surface area (Å²) in [5.74, 6) is 2.96. The molecule has 2 aromatic rings. The van der Waals surface area contributed by atoms with Crippen molar-refractivity contribution in [3.63, 3.8) is 0 Å². The molecule has 0 unspecified atom stereocenters. The van der Waals surface area contributed by atoms with Crippen LogP contribution in [0.15, 0.2) is 30.6 Å². The third-order valence-corrected chi connectivity index (χ3v) is 4.35. The van der Waals surface area contributed by atoms with Crippen LogP contribution in [0.2, 0.25) is 0 Å². The standard InChI is InChI=1S/C18H23N3O3/c1-13-19-6-8-21(13)7-5-18(22)20-11-14-9-15-3-4-16(23-2)10-17(15)24-12-14/h3-4,6,8,10,14H,5,7,9,11-12H2,1-2H3,(H,20,22)/t14-/m1/s1. The predicted molar refractivity (Wildman–Crippen MR) is 90.3 cm³/mol. The second kappa shape index (κ2) is 7.38. The fourth-order valence-electron chi connectivity index (χ4n) is 2.88. The summed E-state index contributed by atoms with van der Waals surface area (Å²) in [4.78, 5) is 16.2. The van der Waals surface area contributed by atoms with Gasteiger partial charge in [-0.05, 0) is 25.0 Å². The third-order valence-electron chi connectivity index (χ3n) is 4.35. The zero-order valence-electron chi connectivity index (χ0n) is 14.1. The molecule has 0 aliphatic carbocycles. The zero-order valence-corrected chi connectivity index (χ0v) is 14.1. The predicted octanol–water partition coefficient (Wildman–Crippen LogP) is 1.96. The van der Waals surface area contributed by atoms with Gasteiger partial charge in [0.1, 0.15) is 17.3 Å². The quantitative estimate of drug-likeness (QED) is 0.880. The van der Waals surface area contributed by atoms with Gasteiger partial charge in [0.2, 0.25) is 5.91 Å². The van der Waals surface area contributed by atoms with Crippen molar-refractivity contribution in [2.75, 3.05) is 20.3 Å². The molecule has 1 aliphatic rings. The van der Waals surface area contributed by atoms with Gasteiger partial charge in [0.15, 0.2) is 0 Å². The number of aromatic nitrogens is 2. The van der Waals surface area contributed by atoms with Gasteiger partial charge in [-0.25, -0.2) is 4.98 Å². The van der Waals surface area contributed by atoms with Crippen molar-refractivity contribution in [3.05, 3.63) is 42.0 Å². The Hall–Kier alpha value is -2.50. The number of imidazole rings is 1. The van der Waals surface area contributed by atoms with Gasteiger partial charge < -0.3 is 19.4 Å². The first-order chi connectivity index (χ1) is 11.7. The number of nitrogens with zero attached hydrogens (tertiary/aromatic N) is 2. The van der Waals surface area contributed by atoms with Crippen LogP contribution in [0.3, 0.4) is 0 Å². The molecule has 6 heteroatoms. The monoisotopic (exact) mass is 329 g/mol. The number of hydrogen-bond donors (Lipinski definition) is 1. The molecule has 1 atom stereocenters. The van der Waals surface area contributed by atoms with Crippen molar-refractivity contribution in [3.8, 4) is 11.5 Å². The van der Waals surface area contributed by atoms with Gasteiger partial charge in [0, 0.05) is 43.9 Å². The lowest BCUT2D eigenvalue weighted by Crippen LogP contribution is -2.35. The molecule has 3 rings (SSSR count). The average molecular weight is 329 g/mol. The van der Waals surface area contributed by atoms with Crippen LogP contribution in [0.5, 0.6) is 11.5 Å². The van der Waals surface area contributed by atoms with Crippen molar-refractivity contribution in [2.45, 2.75) is 26.3 Å². The lowest BCUT2D eigenvalue weighted by atomic mass is 9.96. The fraction of sp³-hybridized carbons (Fsp3) is 0.444. The summed E-state index contributed by atoms with van der Waals surface area (Å²) in [6.45, 7) is 3.83. The molecule has 1 amide bonds. The van der Waals surface area contributed by atoms with E-state index in [-0.39, 0.29) is 5.91 Å². The maximum absolute atomic E-state index is 12.0. The summed E-state index contributed by atoms with van der Waals surface area (Å²) < 4.78 is 13.0. The highest BCUT2D eigenvalue weighted by molar-refractivity contribution is 5.75. The number of carbonyl (C=O) groups excluding carboxylic acids is 1. The van der Waals surface area contributed by atoms with E-state index in [4.69, 9.17) is 9.47 Å². The average Bonchev–Trinajstić information content (AvgIpc) is 3.02. The Balaban J connectivity index is 1.45. The maximum atomic E-state index is 12.0. The first-order valence-corrected chi connectivity index (χ1v) is 8.20. The van der Waals surface area contributed by atoms with E-state index in [9.17, 15) is 4.79 Å². The van der Waals surface area contributed by atoms with Gasteiger partial charge in [0.05, 0.1) is 13.7 Å². The molecule has 24 heavy (non-hydrogen) atoms. The molecule has 0 fully saturated rings. The highest BCUT2D eigenvalue weighted by Gasteiger charge is 2.20. The number of fused-ring (bicyclic) bond motifs is 1. The number of hydrogen-bond acceptors (Lipinski definition) is 4. The summed E-state index contributed by atoms with van der Waals surface area (Å²) in [6, 6.07) is 5.89. The molecular weight excluding hydrogens is 306 g/mol. The Bertz CT molecular complexity index is 711. The number of amides is 1. The van der Waals surface area contributed by atoms with Gasteiger partial charge in [-0.15, -0.1) is 0 Å². The van der Waals surface area contributed by atoms with Gasteiger partial charge in [0.25, 0.3) is 0 Å². The topological polar surface area (TPSA) is 65.4 Å². The molecule has 0 saturated heterocycles. The largest absolute Gasteiger partial charge is 0.497 e. The fourth-order valence-corrected chi connectivity index (χ4v) is 2.88. The lowest BCUT2D eigenvalue weighted by molar-refractivity contribution is -0.121. The van der Waals surface area contributed by atoms with Crippen molar-refractivity contribution in [1.29, 1.82) is 0 Å².